The number of hydrogen-bond acceptors (Lipinski definition) is 6. The molecule has 0 saturated carbocycles. The predicted molar refractivity (Wildman–Crippen MR) is 85.2 cm³/mol. The highest BCUT2D eigenvalue weighted by Crippen LogP contribution is 2.22. The van der Waals surface area contributed by atoms with Gasteiger partial charge < -0.3 is 5.11 Å². The highest BCUT2D eigenvalue weighted by molar-refractivity contribution is 7.16. The normalized spacial score (nSPS) is 12.7. The van der Waals surface area contributed by atoms with E-state index in [1.54, 1.807) is 0 Å². The Morgan fingerprint density at radius 1 is 1.59 bits per heavy atom. The molecule has 120 valence electrons. The Labute approximate surface area is 136 Å². The number of hydrogen-bond donors (Lipinski definition) is 1. The lowest BCUT2D eigenvalue weighted by atomic mass is 10.3. The monoisotopic (exact) mass is 344 g/mol. The summed E-state index contributed by atoms with van der Waals surface area (Å²) in [5.41, 5.74) is -0.0761. The van der Waals surface area contributed by atoms with Gasteiger partial charge in [0.1, 0.15) is 12.4 Å². The van der Waals surface area contributed by atoms with Gasteiger partial charge in [0, 0.05) is 18.0 Å². The molecule has 0 fully saturated rings. The molecule has 22 heavy (non-hydrogen) atoms. The molecule has 0 spiro atoms. The van der Waals surface area contributed by atoms with Crippen LogP contribution in [0.3, 0.4) is 0 Å². The summed E-state index contributed by atoms with van der Waals surface area (Å²) < 4.78 is 2.13. The molecule has 2 aromatic heterocycles. The zero-order valence-corrected chi connectivity index (χ0v) is 13.6. The third-order valence-corrected chi connectivity index (χ3v) is 4.37. The van der Waals surface area contributed by atoms with Gasteiger partial charge in [0.2, 0.25) is 0 Å². The SMILES string of the molecule is CCN(Cc1ccc(Cl)s1)CC(O)Cn1cc([N+](=O)[O-])cn1. The van der Waals surface area contributed by atoms with E-state index in [0.717, 1.165) is 15.8 Å². The van der Waals surface area contributed by atoms with Gasteiger partial charge in [-0.2, -0.15) is 5.10 Å². The van der Waals surface area contributed by atoms with Crippen molar-refractivity contribution in [3.05, 3.63) is 43.9 Å². The van der Waals surface area contributed by atoms with E-state index < -0.39 is 11.0 Å². The third kappa shape index (κ3) is 4.77. The molecule has 0 aromatic carbocycles. The molecule has 1 N–H and O–H groups in total. The van der Waals surface area contributed by atoms with Gasteiger partial charge in [-0.05, 0) is 18.7 Å². The van der Waals surface area contributed by atoms with Gasteiger partial charge in [0.05, 0.1) is 21.9 Å². The Kier molecular flexibility index (Phi) is 5.90. The van der Waals surface area contributed by atoms with Crippen molar-refractivity contribution in [2.45, 2.75) is 26.1 Å². The molecule has 0 saturated heterocycles. The number of rotatable bonds is 8. The average molecular weight is 345 g/mol. The van der Waals surface area contributed by atoms with E-state index in [9.17, 15) is 15.2 Å². The Balaban J connectivity index is 1.88. The van der Waals surface area contributed by atoms with Crippen LogP contribution in [0, 0.1) is 10.1 Å². The Hall–Kier alpha value is -1.48. The van der Waals surface area contributed by atoms with Crippen molar-refractivity contribution in [2.24, 2.45) is 0 Å². The van der Waals surface area contributed by atoms with Crippen LogP contribution < -0.4 is 0 Å². The van der Waals surface area contributed by atoms with Crippen LogP contribution in [0.5, 0.6) is 0 Å². The van der Waals surface area contributed by atoms with Crippen LogP contribution in [-0.4, -0.2) is 43.9 Å². The molecule has 0 amide bonds. The maximum absolute atomic E-state index is 10.6. The minimum Gasteiger partial charge on any atom is -0.390 e. The van der Waals surface area contributed by atoms with Gasteiger partial charge in [-0.15, -0.1) is 11.3 Å². The Bertz CT molecular complexity index is 630. The number of likely N-dealkylation sites (N-methyl/N-ethyl adjacent to an activating group) is 1. The zero-order chi connectivity index (χ0) is 16.1. The van der Waals surface area contributed by atoms with Crippen LogP contribution in [-0.2, 0) is 13.1 Å². The lowest BCUT2D eigenvalue weighted by Crippen LogP contribution is -2.34. The van der Waals surface area contributed by atoms with Gasteiger partial charge >= 0.3 is 5.69 Å². The van der Waals surface area contributed by atoms with Gasteiger partial charge in [0.15, 0.2) is 0 Å². The number of aliphatic hydroxyl groups excluding tert-OH is 1. The minimum atomic E-state index is -0.658. The second kappa shape index (κ2) is 7.68. The van der Waals surface area contributed by atoms with Crippen LogP contribution in [0.1, 0.15) is 11.8 Å². The average Bonchev–Trinajstić information content (AvgIpc) is 3.07. The van der Waals surface area contributed by atoms with Crippen molar-refractivity contribution < 1.29 is 10.0 Å². The standard InChI is InChI=1S/C13H17ClN4O3S/c1-2-16(9-12-3-4-13(14)22-12)7-11(19)8-17-6-10(5-15-17)18(20)21/h3-6,11,19H,2,7-9H2,1H3. The molecule has 0 bridgehead atoms. The number of nitrogens with zero attached hydrogens (tertiary/aromatic N) is 4. The molecule has 1 unspecified atom stereocenters. The minimum absolute atomic E-state index is 0.0761. The van der Waals surface area contributed by atoms with Crippen LogP contribution in [0.25, 0.3) is 0 Å². The number of aliphatic hydroxyl groups is 1. The van der Waals surface area contributed by atoms with Gasteiger partial charge in [-0.25, -0.2) is 0 Å². The van der Waals surface area contributed by atoms with Gasteiger partial charge in [0.25, 0.3) is 0 Å². The first-order valence-electron chi connectivity index (χ1n) is 6.79. The van der Waals surface area contributed by atoms with E-state index in [1.165, 1.54) is 28.4 Å². The molecule has 0 aliphatic rings. The highest BCUT2D eigenvalue weighted by atomic mass is 35.5. The zero-order valence-electron chi connectivity index (χ0n) is 12.1. The molecule has 9 heteroatoms. The van der Waals surface area contributed by atoms with E-state index in [1.807, 2.05) is 19.1 Å². The first kappa shape index (κ1) is 16.9. The summed E-state index contributed by atoms with van der Waals surface area (Å²) in [5, 5.41) is 24.6. The molecule has 1 atom stereocenters. The second-order valence-corrected chi connectivity index (χ2v) is 6.66. The van der Waals surface area contributed by atoms with Crippen LogP contribution in [0.15, 0.2) is 24.5 Å². The molecule has 2 aromatic rings. The number of nitro groups is 1. The van der Waals surface area contributed by atoms with Crippen molar-refractivity contribution in [2.75, 3.05) is 13.1 Å². The Morgan fingerprint density at radius 3 is 2.91 bits per heavy atom. The van der Waals surface area contributed by atoms with Crippen LogP contribution in [0.4, 0.5) is 5.69 Å². The Morgan fingerprint density at radius 2 is 2.36 bits per heavy atom. The summed E-state index contributed by atoms with van der Waals surface area (Å²) >= 11 is 7.43. The number of halogens is 1. The molecule has 2 rings (SSSR count). The molecular formula is C13H17ClN4O3S. The van der Waals surface area contributed by atoms with Crippen molar-refractivity contribution >= 4 is 28.6 Å². The van der Waals surface area contributed by atoms with E-state index in [2.05, 4.69) is 10.00 Å². The topological polar surface area (TPSA) is 84.4 Å². The van der Waals surface area contributed by atoms with E-state index in [4.69, 9.17) is 11.6 Å². The number of aromatic nitrogens is 2. The van der Waals surface area contributed by atoms with Crippen LogP contribution >= 0.6 is 22.9 Å². The molecule has 0 aliphatic carbocycles. The summed E-state index contributed by atoms with van der Waals surface area (Å²) in [6, 6.07) is 3.83. The smallest absolute Gasteiger partial charge is 0.306 e. The lowest BCUT2D eigenvalue weighted by molar-refractivity contribution is -0.385. The summed E-state index contributed by atoms with van der Waals surface area (Å²) in [6.07, 6.45) is 1.84. The fourth-order valence-electron chi connectivity index (χ4n) is 2.08. The van der Waals surface area contributed by atoms with Gasteiger partial charge in [-0.3, -0.25) is 19.7 Å². The first-order chi connectivity index (χ1) is 10.5. The largest absolute Gasteiger partial charge is 0.390 e. The van der Waals surface area contributed by atoms with Gasteiger partial charge in [-0.1, -0.05) is 18.5 Å². The van der Waals surface area contributed by atoms with E-state index in [0.29, 0.717) is 13.1 Å². The summed E-state index contributed by atoms with van der Waals surface area (Å²) in [6.45, 7) is 4.19. The molecule has 7 nitrogen and oxygen atoms in total. The van der Waals surface area contributed by atoms with Crippen molar-refractivity contribution in [3.8, 4) is 0 Å². The maximum Gasteiger partial charge on any atom is 0.306 e. The van der Waals surface area contributed by atoms with Crippen LogP contribution in [0.2, 0.25) is 4.34 Å². The quantitative estimate of drug-likeness (QED) is 0.587. The predicted octanol–water partition coefficient (Wildman–Crippen LogP) is 2.39. The fourth-order valence-corrected chi connectivity index (χ4v) is 3.21. The summed E-state index contributed by atoms with van der Waals surface area (Å²) in [5.74, 6) is 0. The molecular weight excluding hydrogens is 328 g/mol. The van der Waals surface area contributed by atoms with Crippen molar-refractivity contribution in [1.29, 1.82) is 0 Å². The number of thiophene rings is 1. The molecule has 0 aliphatic heterocycles. The van der Waals surface area contributed by atoms with Crippen molar-refractivity contribution in [1.82, 2.24) is 14.7 Å². The third-order valence-electron chi connectivity index (χ3n) is 3.15. The van der Waals surface area contributed by atoms with E-state index in [-0.39, 0.29) is 12.2 Å². The second-order valence-electron chi connectivity index (χ2n) is 4.87. The molecule has 2 heterocycles. The first-order valence-corrected chi connectivity index (χ1v) is 7.99. The molecule has 0 radical (unpaired) electrons. The maximum atomic E-state index is 10.6. The lowest BCUT2D eigenvalue weighted by Gasteiger charge is -2.22. The highest BCUT2D eigenvalue weighted by Gasteiger charge is 2.15. The fraction of sp³-hybridized carbons (Fsp3) is 0.462. The summed E-state index contributed by atoms with van der Waals surface area (Å²) in [7, 11) is 0. The van der Waals surface area contributed by atoms with E-state index >= 15 is 0 Å². The summed E-state index contributed by atoms with van der Waals surface area (Å²) in [4.78, 5) is 13.3. The van der Waals surface area contributed by atoms with Crippen molar-refractivity contribution in [3.63, 3.8) is 0 Å².